The number of hydrogen-bond donors (Lipinski definition) is 1. The van der Waals surface area contributed by atoms with E-state index in [4.69, 9.17) is 11.0 Å². The zero-order chi connectivity index (χ0) is 14.3. The van der Waals surface area contributed by atoms with Crippen molar-refractivity contribution in [2.75, 3.05) is 5.73 Å². The fourth-order valence-corrected chi connectivity index (χ4v) is 3.12. The maximum atomic E-state index is 9.06. The highest BCUT2D eigenvalue weighted by Gasteiger charge is 2.29. The number of nitriles is 1. The van der Waals surface area contributed by atoms with Gasteiger partial charge in [-0.1, -0.05) is 0 Å². The van der Waals surface area contributed by atoms with Crippen LogP contribution in [0.3, 0.4) is 0 Å². The Morgan fingerprint density at radius 1 is 1.40 bits per heavy atom. The van der Waals surface area contributed by atoms with Crippen LogP contribution in [-0.2, 0) is 5.54 Å². The number of thiazole rings is 1. The normalized spacial score (nSPS) is 11.7. The van der Waals surface area contributed by atoms with Gasteiger partial charge < -0.3 is 5.73 Å². The van der Waals surface area contributed by atoms with E-state index in [-0.39, 0.29) is 0 Å². The molecule has 0 saturated heterocycles. The second-order valence-corrected chi connectivity index (χ2v) is 5.91. The van der Waals surface area contributed by atoms with Crippen molar-refractivity contribution in [3.63, 3.8) is 0 Å². The lowest BCUT2D eigenvalue weighted by Gasteiger charge is -2.26. The predicted molar refractivity (Wildman–Crippen MR) is 79.4 cm³/mol. The zero-order valence-electron chi connectivity index (χ0n) is 11.2. The van der Waals surface area contributed by atoms with Gasteiger partial charge in [-0.15, -0.1) is 11.3 Å². The van der Waals surface area contributed by atoms with Crippen LogP contribution in [0.2, 0.25) is 0 Å². The van der Waals surface area contributed by atoms with Crippen molar-refractivity contribution in [3.8, 4) is 6.07 Å². The molecule has 0 radical (unpaired) electrons. The largest absolute Gasteiger partial charge is 0.369 e. The van der Waals surface area contributed by atoms with Crippen molar-refractivity contribution in [3.05, 3.63) is 40.3 Å². The third kappa shape index (κ3) is 1.75. The first kappa shape index (κ1) is 12.6. The highest BCUT2D eigenvalue weighted by atomic mass is 32.1. The van der Waals surface area contributed by atoms with Gasteiger partial charge in [0.1, 0.15) is 5.01 Å². The van der Waals surface area contributed by atoms with Crippen molar-refractivity contribution in [1.29, 1.82) is 5.26 Å². The van der Waals surface area contributed by atoms with Gasteiger partial charge in [-0.05, 0) is 32.0 Å². The van der Waals surface area contributed by atoms with Gasteiger partial charge in [-0.3, -0.25) is 4.57 Å². The Hall–Kier alpha value is -2.39. The lowest BCUT2D eigenvalue weighted by Crippen LogP contribution is -2.28. The van der Waals surface area contributed by atoms with Crippen LogP contribution in [0.15, 0.2) is 29.8 Å². The molecule has 0 spiro atoms. The summed E-state index contributed by atoms with van der Waals surface area (Å²) in [6.07, 6.45) is 1.78. The second-order valence-electron chi connectivity index (χ2n) is 5.02. The SMILES string of the molecule is CC(C)(c1nccs1)n1c(N)nc2ccc(C#N)cc21. The first-order valence-corrected chi connectivity index (χ1v) is 7.00. The average Bonchev–Trinajstić information content (AvgIpc) is 3.04. The lowest BCUT2D eigenvalue weighted by atomic mass is 10.1. The van der Waals surface area contributed by atoms with Gasteiger partial charge in [0.25, 0.3) is 0 Å². The van der Waals surface area contributed by atoms with Crippen LogP contribution >= 0.6 is 11.3 Å². The number of fused-ring (bicyclic) bond motifs is 1. The minimum atomic E-state index is -0.416. The van der Waals surface area contributed by atoms with Crippen LogP contribution in [-0.4, -0.2) is 14.5 Å². The number of aromatic nitrogens is 3. The molecule has 20 heavy (non-hydrogen) atoms. The van der Waals surface area contributed by atoms with Crippen molar-refractivity contribution < 1.29 is 0 Å². The minimum Gasteiger partial charge on any atom is -0.369 e. The molecule has 6 heteroatoms. The molecule has 0 amide bonds. The Morgan fingerprint density at radius 2 is 2.20 bits per heavy atom. The monoisotopic (exact) mass is 283 g/mol. The van der Waals surface area contributed by atoms with Crippen LogP contribution < -0.4 is 5.73 Å². The Morgan fingerprint density at radius 3 is 2.85 bits per heavy atom. The second kappa shape index (κ2) is 4.32. The van der Waals surface area contributed by atoms with E-state index >= 15 is 0 Å². The summed E-state index contributed by atoms with van der Waals surface area (Å²) in [4.78, 5) is 8.76. The molecule has 0 atom stereocenters. The molecule has 0 saturated carbocycles. The molecule has 0 aliphatic rings. The van der Waals surface area contributed by atoms with Gasteiger partial charge in [-0.25, -0.2) is 9.97 Å². The number of nitrogens with two attached hydrogens (primary N) is 1. The van der Waals surface area contributed by atoms with Crippen LogP contribution in [0.25, 0.3) is 11.0 Å². The summed E-state index contributed by atoms with van der Waals surface area (Å²) < 4.78 is 1.93. The van der Waals surface area contributed by atoms with Crippen LogP contribution in [0.1, 0.15) is 24.4 Å². The number of imidazole rings is 1. The fourth-order valence-electron chi connectivity index (χ4n) is 2.37. The Balaban J connectivity index is 2.30. The molecule has 2 aromatic heterocycles. The highest BCUT2D eigenvalue weighted by Crippen LogP contribution is 2.33. The summed E-state index contributed by atoms with van der Waals surface area (Å²) >= 11 is 1.58. The van der Waals surface area contributed by atoms with Gasteiger partial charge >= 0.3 is 0 Å². The van der Waals surface area contributed by atoms with E-state index < -0.39 is 5.54 Å². The standard InChI is InChI=1S/C14H13N5S/c1-14(2,12-17-5-6-20-12)19-11-7-9(8-15)3-4-10(11)18-13(19)16/h3-7H,1-2H3,(H2,16,18). The van der Waals surface area contributed by atoms with E-state index in [0.29, 0.717) is 11.5 Å². The lowest BCUT2D eigenvalue weighted by molar-refractivity contribution is 0.452. The Kier molecular flexibility index (Phi) is 2.73. The van der Waals surface area contributed by atoms with Crippen LogP contribution in [0.4, 0.5) is 5.95 Å². The molecule has 0 fully saturated rings. The smallest absolute Gasteiger partial charge is 0.202 e. The molecule has 2 heterocycles. The van der Waals surface area contributed by atoms with Gasteiger partial charge in [0.05, 0.1) is 28.2 Å². The van der Waals surface area contributed by atoms with Crippen molar-refractivity contribution in [2.24, 2.45) is 0 Å². The molecule has 100 valence electrons. The average molecular weight is 283 g/mol. The molecule has 3 rings (SSSR count). The molecule has 1 aromatic carbocycles. The van der Waals surface area contributed by atoms with E-state index in [0.717, 1.165) is 16.0 Å². The maximum absolute atomic E-state index is 9.06. The summed E-state index contributed by atoms with van der Waals surface area (Å²) in [5.74, 6) is 0.426. The van der Waals surface area contributed by atoms with Crippen LogP contribution in [0.5, 0.6) is 0 Å². The molecular weight excluding hydrogens is 270 g/mol. The number of hydrogen-bond acceptors (Lipinski definition) is 5. The number of rotatable bonds is 2. The van der Waals surface area contributed by atoms with E-state index in [1.54, 1.807) is 23.6 Å². The van der Waals surface area contributed by atoms with Gasteiger partial charge in [0, 0.05) is 11.6 Å². The summed E-state index contributed by atoms with van der Waals surface area (Å²) in [6, 6.07) is 7.52. The molecular formula is C14H13N5S. The predicted octanol–water partition coefficient (Wildman–Crippen LogP) is 2.73. The summed E-state index contributed by atoms with van der Waals surface area (Å²) in [6.45, 7) is 4.09. The number of benzene rings is 1. The summed E-state index contributed by atoms with van der Waals surface area (Å²) in [5.41, 5.74) is 7.89. The molecule has 0 bridgehead atoms. The Bertz CT molecular complexity index is 808. The molecule has 2 N–H and O–H groups in total. The zero-order valence-corrected chi connectivity index (χ0v) is 12.0. The Labute approximate surface area is 120 Å². The molecule has 3 aromatic rings. The third-order valence-electron chi connectivity index (χ3n) is 3.32. The first-order valence-electron chi connectivity index (χ1n) is 6.12. The quantitative estimate of drug-likeness (QED) is 0.784. The number of anilines is 1. The third-order valence-corrected chi connectivity index (χ3v) is 4.41. The molecule has 5 nitrogen and oxygen atoms in total. The van der Waals surface area contributed by atoms with E-state index in [1.807, 2.05) is 35.9 Å². The molecule has 0 aliphatic carbocycles. The van der Waals surface area contributed by atoms with E-state index in [1.165, 1.54) is 0 Å². The number of nitrogen functional groups attached to an aromatic ring is 1. The van der Waals surface area contributed by atoms with Gasteiger partial charge in [0.2, 0.25) is 5.95 Å². The maximum Gasteiger partial charge on any atom is 0.202 e. The van der Waals surface area contributed by atoms with Crippen LogP contribution in [0, 0.1) is 11.3 Å². The topological polar surface area (TPSA) is 80.5 Å². The fraction of sp³-hybridized carbons (Fsp3) is 0.214. The van der Waals surface area contributed by atoms with Gasteiger partial charge in [0.15, 0.2) is 0 Å². The highest BCUT2D eigenvalue weighted by molar-refractivity contribution is 7.09. The van der Waals surface area contributed by atoms with Gasteiger partial charge in [-0.2, -0.15) is 5.26 Å². The molecule has 0 unspecified atom stereocenters. The van der Waals surface area contributed by atoms with E-state index in [9.17, 15) is 0 Å². The summed E-state index contributed by atoms with van der Waals surface area (Å²) in [5, 5.41) is 11.9. The summed E-state index contributed by atoms with van der Waals surface area (Å²) in [7, 11) is 0. The number of nitrogens with zero attached hydrogens (tertiary/aromatic N) is 4. The van der Waals surface area contributed by atoms with Crippen molar-refractivity contribution >= 4 is 28.3 Å². The van der Waals surface area contributed by atoms with Crippen molar-refractivity contribution in [2.45, 2.75) is 19.4 Å². The van der Waals surface area contributed by atoms with E-state index in [2.05, 4.69) is 16.0 Å². The van der Waals surface area contributed by atoms with Crippen molar-refractivity contribution in [1.82, 2.24) is 14.5 Å². The molecule has 0 aliphatic heterocycles. The first-order chi connectivity index (χ1) is 9.54. The minimum absolute atomic E-state index is 0.416.